The summed E-state index contributed by atoms with van der Waals surface area (Å²) in [7, 11) is 0. The van der Waals surface area contributed by atoms with E-state index in [4.69, 9.17) is 0 Å². The summed E-state index contributed by atoms with van der Waals surface area (Å²) in [6.45, 7) is 5.99. The Balaban J connectivity index is 2.35. The lowest BCUT2D eigenvalue weighted by atomic mass is 9.64. The summed E-state index contributed by atoms with van der Waals surface area (Å²) in [5, 5.41) is 0. The molecule has 0 atom stereocenters. The van der Waals surface area contributed by atoms with E-state index < -0.39 is 97.3 Å². The SMILES string of the molecule is Cc1c(C)c(C(c2c(C)c(C)c3c(c2C)C(=O)OC3=O)(C(F)(F)F)C(F)(F)F)c(C)c2c1C(=O)OC2=O. The summed E-state index contributed by atoms with van der Waals surface area (Å²) in [4.78, 5) is 49.2. The van der Waals surface area contributed by atoms with Gasteiger partial charge >= 0.3 is 36.2 Å². The van der Waals surface area contributed by atoms with Crippen LogP contribution >= 0.6 is 0 Å². The fraction of sp³-hybridized carbons (Fsp3) is 0.360. The highest BCUT2D eigenvalue weighted by molar-refractivity contribution is 6.17. The number of fused-ring (bicyclic) bond motifs is 2. The van der Waals surface area contributed by atoms with Crippen LogP contribution in [0.15, 0.2) is 0 Å². The maximum atomic E-state index is 15.2. The van der Waals surface area contributed by atoms with Crippen molar-refractivity contribution in [1.29, 1.82) is 0 Å². The Morgan fingerprint density at radius 2 is 0.676 bits per heavy atom. The van der Waals surface area contributed by atoms with Gasteiger partial charge in [0.05, 0.1) is 22.3 Å². The second-order valence-corrected chi connectivity index (χ2v) is 9.10. The summed E-state index contributed by atoms with van der Waals surface area (Å²) >= 11 is 0. The molecule has 0 spiro atoms. The number of esters is 4. The molecule has 0 aliphatic carbocycles. The van der Waals surface area contributed by atoms with Gasteiger partial charge in [0.1, 0.15) is 0 Å². The maximum Gasteiger partial charge on any atom is 0.411 e. The van der Waals surface area contributed by atoms with Gasteiger partial charge in [-0.3, -0.25) is 0 Å². The summed E-state index contributed by atoms with van der Waals surface area (Å²) in [6, 6.07) is 0. The van der Waals surface area contributed by atoms with Crippen molar-refractivity contribution in [3.63, 3.8) is 0 Å². The first kappa shape index (κ1) is 26.4. The zero-order chi connectivity index (χ0) is 28.2. The molecule has 0 saturated carbocycles. The van der Waals surface area contributed by atoms with Crippen LogP contribution in [0.2, 0.25) is 0 Å². The molecule has 4 rings (SSSR count). The van der Waals surface area contributed by atoms with Gasteiger partial charge in [0, 0.05) is 0 Å². The predicted molar refractivity (Wildman–Crippen MR) is 114 cm³/mol. The van der Waals surface area contributed by atoms with Crippen molar-refractivity contribution >= 4 is 23.9 Å². The molecule has 2 aromatic carbocycles. The number of alkyl halides is 6. The van der Waals surface area contributed by atoms with Crippen LogP contribution in [0, 0.1) is 41.5 Å². The van der Waals surface area contributed by atoms with Crippen LogP contribution in [0.25, 0.3) is 0 Å². The van der Waals surface area contributed by atoms with Crippen molar-refractivity contribution in [3.8, 4) is 0 Å². The lowest BCUT2D eigenvalue weighted by Gasteiger charge is -2.42. The van der Waals surface area contributed by atoms with Gasteiger partial charge in [-0.15, -0.1) is 0 Å². The molecule has 2 aromatic rings. The highest BCUT2D eigenvalue weighted by atomic mass is 19.4. The molecule has 0 fully saturated rings. The number of hydrogen-bond acceptors (Lipinski definition) is 6. The Morgan fingerprint density at radius 1 is 0.432 bits per heavy atom. The average Bonchev–Trinajstić information content (AvgIpc) is 3.21. The summed E-state index contributed by atoms with van der Waals surface area (Å²) in [5.41, 5.74) is -12.7. The Labute approximate surface area is 205 Å². The molecule has 0 radical (unpaired) electrons. The summed E-state index contributed by atoms with van der Waals surface area (Å²) in [5.74, 6) is -5.09. The van der Waals surface area contributed by atoms with Crippen LogP contribution in [0.5, 0.6) is 0 Å². The van der Waals surface area contributed by atoms with Crippen LogP contribution in [0.1, 0.15) is 85.9 Å². The fourth-order valence-electron chi connectivity index (χ4n) is 5.68. The molecule has 37 heavy (non-hydrogen) atoms. The van der Waals surface area contributed by atoms with Gasteiger partial charge in [0.2, 0.25) is 5.41 Å². The number of cyclic esters (lactones) is 4. The molecular formula is C25H18F6O6. The van der Waals surface area contributed by atoms with Crippen molar-refractivity contribution in [2.45, 2.75) is 59.3 Å². The quantitative estimate of drug-likeness (QED) is 0.288. The van der Waals surface area contributed by atoms with Gasteiger partial charge in [-0.1, -0.05) is 0 Å². The van der Waals surface area contributed by atoms with E-state index >= 15 is 26.3 Å². The normalized spacial score (nSPS) is 15.7. The smallest absolute Gasteiger partial charge is 0.386 e. The van der Waals surface area contributed by atoms with E-state index in [0.29, 0.717) is 0 Å². The Bertz CT molecular complexity index is 1370. The molecule has 0 bridgehead atoms. The minimum absolute atomic E-state index is 0.285. The Hall–Kier alpha value is -3.70. The maximum absolute atomic E-state index is 15.2. The number of carbonyl (C=O) groups is 4. The van der Waals surface area contributed by atoms with E-state index in [1.807, 2.05) is 0 Å². The van der Waals surface area contributed by atoms with Gasteiger partial charge in [-0.2, -0.15) is 26.3 Å². The van der Waals surface area contributed by atoms with Crippen molar-refractivity contribution in [1.82, 2.24) is 0 Å². The number of carbonyl (C=O) groups excluding carboxylic acids is 4. The van der Waals surface area contributed by atoms with E-state index in [-0.39, 0.29) is 11.1 Å². The molecule has 0 aromatic heterocycles. The molecule has 0 unspecified atom stereocenters. The number of hydrogen-bond donors (Lipinski definition) is 0. The third kappa shape index (κ3) is 3.07. The first-order chi connectivity index (χ1) is 16.8. The summed E-state index contributed by atoms with van der Waals surface area (Å²) < 4.78 is 100. The number of rotatable bonds is 2. The Morgan fingerprint density at radius 3 is 0.919 bits per heavy atom. The van der Waals surface area contributed by atoms with Crippen molar-refractivity contribution in [2.75, 3.05) is 0 Å². The average molecular weight is 528 g/mol. The third-order valence-corrected chi connectivity index (χ3v) is 7.41. The zero-order valence-corrected chi connectivity index (χ0v) is 20.2. The molecular weight excluding hydrogens is 510 g/mol. The zero-order valence-electron chi connectivity index (χ0n) is 20.2. The van der Waals surface area contributed by atoms with Crippen LogP contribution in [0.4, 0.5) is 26.3 Å². The standard InChI is InChI=1S/C25H18F6O6/c1-7-9(3)17(11(5)15-13(7)19(32)36-21(15)34)23(24(26,27)28,25(29,30)31)18-10(4)8(2)14-16(12(18)6)22(35)37-20(14)33/h1-6H3. The second-order valence-electron chi connectivity index (χ2n) is 9.10. The van der Waals surface area contributed by atoms with Gasteiger partial charge in [-0.05, 0) is 86.1 Å². The van der Waals surface area contributed by atoms with Crippen molar-refractivity contribution < 1.29 is 55.0 Å². The van der Waals surface area contributed by atoms with Gasteiger partial charge in [-0.25, -0.2) is 19.2 Å². The highest BCUT2D eigenvalue weighted by Crippen LogP contribution is 2.61. The molecule has 2 aliphatic rings. The minimum atomic E-state index is -6.07. The lowest BCUT2D eigenvalue weighted by Crippen LogP contribution is -2.56. The lowest BCUT2D eigenvalue weighted by molar-refractivity contribution is -0.289. The second kappa shape index (κ2) is 7.65. The van der Waals surface area contributed by atoms with E-state index in [2.05, 4.69) is 9.47 Å². The van der Waals surface area contributed by atoms with E-state index in [1.165, 1.54) is 0 Å². The number of halogens is 6. The largest absolute Gasteiger partial charge is 0.411 e. The van der Waals surface area contributed by atoms with Crippen molar-refractivity contribution in [3.05, 3.63) is 66.8 Å². The summed E-state index contributed by atoms with van der Waals surface area (Å²) in [6.07, 6.45) is -12.1. The molecule has 0 N–H and O–H groups in total. The van der Waals surface area contributed by atoms with E-state index in [1.54, 1.807) is 0 Å². The molecule has 0 saturated heterocycles. The molecule has 6 nitrogen and oxygen atoms in total. The number of ether oxygens (including phenoxy) is 2. The van der Waals surface area contributed by atoms with Crippen LogP contribution in [0.3, 0.4) is 0 Å². The van der Waals surface area contributed by atoms with Gasteiger partial charge in [0.25, 0.3) is 0 Å². The first-order valence-corrected chi connectivity index (χ1v) is 10.8. The monoisotopic (exact) mass is 528 g/mol. The highest BCUT2D eigenvalue weighted by Gasteiger charge is 2.74. The van der Waals surface area contributed by atoms with Crippen LogP contribution in [-0.4, -0.2) is 36.2 Å². The van der Waals surface area contributed by atoms with Crippen LogP contribution in [-0.2, 0) is 14.9 Å². The van der Waals surface area contributed by atoms with Crippen LogP contribution < -0.4 is 0 Å². The minimum Gasteiger partial charge on any atom is -0.386 e. The first-order valence-electron chi connectivity index (χ1n) is 10.8. The number of benzene rings is 2. The fourth-order valence-corrected chi connectivity index (χ4v) is 5.68. The van der Waals surface area contributed by atoms with E-state index in [0.717, 1.165) is 41.5 Å². The third-order valence-electron chi connectivity index (χ3n) is 7.41. The topological polar surface area (TPSA) is 86.7 Å². The predicted octanol–water partition coefficient (Wildman–Crippen LogP) is 5.57. The Kier molecular flexibility index (Phi) is 5.45. The molecule has 2 heterocycles. The van der Waals surface area contributed by atoms with Gasteiger partial charge < -0.3 is 9.47 Å². The molecule has 12 heteroatoms. The molecule has 196 valence electrons. The van der Waals surface area contributed by atoms with E-state index in [9.17, 15) is 19.2 Å². The van der Waals surface area contributed by atoms with Gasteiger partial charge in [0.15, 0.2) is 0 Å². The molecule has 2 aliphatic heterocycles. The van der Waals surface area contributed by atoms with Crippen molar-refractivity contribution in [2.24, 2.45) is 0 Å². The molecule has 0 amide bonds.